The lowest BCUT2D eigenvalue weighted by Crippen LogP contribution is -2.27. The molecule has 1 heterocycles. The van der Waals surface area contributed by atoms with Crippen molar-refractivity contribution < 1.29 is 18.7 Å². The molecule has 0 bridgehead atoms. The normalized spacial score (nSPS) is 10.6. The topological polar surface area (TPSA) is 60.5 Å². The molecule has 140 valence electrons. The van der Waals surface area contributed by atoms with Crippen molar-refractivity contribution in [3.63, 3.8) is 0 Å². The van der Waals surface area contributed by atoms with Crippen molar-refractivity contribution in [3.05, 3.63) is 71.0 Å². The van der Waals surface area contributed by atoms with E-state index in [9.17, 15) is 9.18 Å². The highest BCUT2D eigenvalue weighted by atomic mass is 32.1. The van der Waals surface area contributed by atoms with Crippen LogP contribution in [0.2, 0.25) is 0 Å². The quantitative estimate of drug-likeness (QED) is 0.597. The van der Waals surface area contributed by atoms with Crippen molar-refractivity contribution in [3.8, 4) is 16.3 Å². The zero-order valence-corrected chi connectivity index (χ0v) is 15.6. The Labute approximate surface area is 160 Å². The van der Waals surface area contributed by atoms with Gasteiger partial charge in [0, 0.05) is 30.7 Å². The van der Waals surface area contributed by atoms with E-state index in [4.69, 9.17) is 9.47 Å². The molecule has 0 atom stereocenters. The fraction of sp³-hybridized carbons (Fsp3) is 0.200. The summed E-state index contributed by atoms with van der Waals surface area (Å²) in [6.07, 6.45) is 0. The molecule has 0 aliphatic carbocycles. The van der Waals surface area contributed by atoms with Crippen LogP contribution >= 0.6 is 11.3 Å². The summed E-state index contributed by atoms with van der Waals surface area (Å²) in [5, 5.41) is 4.74. The van der Waals surface area contributed by atoms with E-state index in [0.29, 0.717) is 36.1 Å². The number of amides is 1. The van der Waals surface area contributed by atoms with E-state index in [1.165, 1.54) is 17.4 Å². The van der Waals surface area contributed by atoms with Gasteiger partial charge in [0.25, 0.3) is 5.91 Å². The smallest absolute Gasteiger partial charge is 0.270 e. The number of hydrogen-bond donors (Lipinski definition) is 1. The Bertz CT molecular complexity index is 899. The molecule has 27 heavy (non-hydrogen) atoms. The van der Waals surface area contributed by atoms with Crippen LogP contribution in [-0.4, -0.2) is 31.2 Å². The third kappa shape index (κ3) is 5.12. The monoisotopic (exact) mass is 386 g/mol. The van der Waals surface area contributed by atoms with Crippen LogP contribution in [-0.2, 0) is 11.3 Å². The lowest BCUT2D eigenvalue weighted by atomic mass is 10.2. The van der Waals surface area contributed by atoms with Gasteiger partial charge in [-0.2, -0.15) is 0 Å². The van der Waals surface area contributed by atoms with E-state index >= 15 is 0 Å². The molecule has 0 saturated heterocycles. The van der Waals surface area contributed by atoms with Gasteiger partial charge in [-0.3, -0.25) is 4.79 Å². The zero-order valence-electron chi connectivity index (χ0n) is 14.8. The average Bonchev–Trinajstić information content (AvgIpc) is 3.17. The minimum Gasteiger partial charge on any atom is -0.489 e. The highest BCUT2D eigenvalue weighted by molar-refractivity contribution is 7.13. The number of methoxy groups -OCH3 is 1. The number of carbonyl (C=O) groups excluding carboxylic acids is 1. The summed E-state index contributed by atoms with van der Waals surface area (Å²) in [6, 6.07) is 14.3. The second kappa shape index (κ2) is 9.25. The van der Waals surface area contributed by atoms with Crippen LogP contribution in [0.4, 0.5) is 4.39 Å². The van der Waals surface area contributed by atoms with Crippen LogP contribution < -0.4 is 10.1 Å². The first-order valence-corrected chi connectivity index (χ1v) is 9.24. The molecule has 0 aliphatic heterocycles. The van der Waals surface area contributed by atoms with E-state index in [-0.39, 0.29) is 11.6 Å². The second-order valence-electron chi connectivity index (χ2n) is 5.70. The van der Waals surface area contributed by atoms with Crippen LogP contribution in [0.15, 0.2) is 53.9 Å². The molecule has 0 fully saturated rings. The molecule has 1 amide bonds. The molecular weight excluding hydrogens is 367 g/mol. The fourth-order valence-corrected chi connectivity index (χ4v) is 3.19. The predicted octanol–water partition coefficient (Wildman–Crippen LogP) is 3.90. The standard InChI is InChI=1S/C20H19FN2O3S/c1-25-10-9-22-19(24)18-13-27-20(23-18)16-8-7-15(11-17(16)21)26-12-14-5-3-2-4-6-14/h2-8,11,13H,9-10,12H2,1H3,(H,22,24). The molecule has 1 N–H and O–H groups in total. The van der Waals surface area contributed by atoms with Crippen LogP contribution in [0.5, 0.6) is 5.75 Å². The minimum atomic E-state index is -0.443. The maximum atomic E-state index is 14.5. The highest BCUT2D eigenvalue weighted by Crippen LogP contribution is 2.29. The maximum absolute atomic E-state index is 14.5. The lowest BCUT2D eigenvalue weighted by molar-refractivity contribution is 0.0933. The largest absolute Gasteiger partial charge is 0.489 e. The summed E-state index contributed by atoms with van der Waals surface area (Å²) in [5.74, 6) is -0.312. The van der Waals surface area contributed by atoms with Gasteiger partial charge in [0.15, 0.2) is 0 Å². The molecule has 0 spiro atoms. The third-order valence-electron chi connectivity index (χ3n) is 3.75. The van der Waals surface area contributed by atoms with E-state index in [1.807, 2.05) is 30.3 Å². The molecular formula is C20H19FN2O3S. The van der Waals surface area contributed by atoms with E-state index in [1.54, 1.807) is 24.6 Å². The Hall–Kier alpha value is -2.77. The Morgan fingerprint density at radius 1 is 1.22 bits per heavy atom. The first kappa shape index (κ1) is 19.0. The first-order chi connectivity index (χ1) is 13.2. The number of thiazole rings is 1. The molecule has 3 rings (SSSR count). The highest BCUT2D eigenvalue weighted by Gasteiger charge is 2.14. The molecule has 0 radical (unpaired) electrons. The number of carbonyl (C=O) groups is 1. The lowest BCUT2D eigenvalue weighted by Gasteiger charge is -2.07. The first-order valence-electron chi connectivity index (χ1n) is 8.36. The fourth-order valence-electron chi connectivity index (χ4n) is 2.36. The van der Waals surface area contributed by atoms with Gasteiger partial charge in [-0.1, -0.05) is 30.3 Å². The second-order valence-corrected chi connectivity index (χ2v) is 6.56. The Kier molecular flexibility index (Phi) is 6.51. The molecule has 0 aliphatic rings. The van der Waals surface area contributed by atoms with Crippen LogP contribution in [0.25, 0.3) is 10.6 Å². The van der Waals surface area contributed by atoms with Crippen LogP contribution in [0, 0.1) is 5.82 Å². The summed E-state index contributed by atoms with van der Waals surface area (Å²) in [6.45, 7) is 1.18. The summed E-state index contributed by atoms with van der Waals surface area (Å²) < 4.78 is 25.0. The summed E-state index contributed by atoms with van der Waals surface area (Å²) in [4.78, 5) is 16.2. The van der Waals surface area contributed by atoms with E-state index in [0.717, 1.165) is 5.56 Å². The van der Waals surface area contributed by atoms with Gasteiger partial charge >= 0.3 is 0 Å². The summed E-state index contributed by atoms with van der Waals surface area (Å²) in [7, 11) is 1.56. The van der Waals surface area contributed by atoms with E-state index < -0.39 is 5.82 Å². The SMILES string of the molecule is COCCNC(=O)c1csc(-c2ccc(OCc3ccccc3)cc2F)n1. The third-order valence-corrected chi connectivity index (χ3v) is 4.62. The van der Waals surface area contributed by atoms with Crippen molar-refractivity contribution in [2.45, 2.75) is 6.61 Å². The number of nitrogens with zero attached hydrogens (tertiary/aromatic N) is 1. The van der Waals surface area contributed by atoms with E-state index in [2.05, 4.69) is 10.3 Å². The maximum Gasteiger partial charge on any atom is 0.270 e. The van der Waals surface area contributed by atoms with Gasteiger partial charge in [-0.05, 0) is 17.7 Å². The van der Waals surface area contributed by atoms with Crippen molar-refractivity contribution in [2.75, 3.05) is 20.3 Å². The average molecular weight is 386 g/mol. The van der Waals surface area contributed by atoms with Crippen molar-refractivity contribution in [2.24, 2.45) is 0 Å². The zero-order chi connectivity index (χ0) is 19.1. The Morgan fingerprint density at radius 3 is 2.78 bits per heavy atom. The van der Waals surface area contributed by atoms with Crippen LogP contribution in [0.3, 0.4) is 0 Å². The number of halogens is 1. The van der Waals surface area contributed by atoms with Gasteiger partial charge in [0.1, 0.15) is 28.9 Å². The van der Waals surface area contributed by atoms with Gasteiger partial charge in [-0.15, -0.1) is 11.3 Å². The van der Waals surface area contributed by atoms with Crippen molar-refractivity contribution in [1.29, 1.82) is 0 Å². The summed E-state index contributed by atoms with van der Waals surface area (Å²) in [5.41, 5.74) is 1.60. The predicted molar refractivity (Wildman–Crippen MR) is 102 cm³/mol. The van der Waals surface area contributed by atoms with Gasteiger partial charge in [0.05, 0.1) is 6.61 Å². The Balaban J connectivity index is 1.66. The molecule has 0 unspecified atom stereocenters. The van der Waals surface area contributed by atoms with Gasteiger partial charge in [0.2, 0.25) is 0 Å². The number of hydrogen-bond acceptors (Lipinski definition) is 5. The molecule has 1 aromatic heterocycles. The molecule has 7 heteroatoms. The number of rotatable bonds is 8. The number of ether oxygens (including phenoxy) is 2. The Morgan fingerprint density at radius 2 is 2.04 bits per heavy atom. The molecule has 2 aromatic carbocycles. The van der Waals surface area contributed by atoms with Crippen molar-refractivity contribution in [1.82, 2.24) is 10.3 Å². The van der Waals surface area contributed by atoms with Crippen LogP contribution in [0.1, 0.15) is 16.1 Å². The van der Waals surface area contributed by atoms with Crippen molar-refractivity contribution >= 4 is 17.2 Å². The minimum absolute atomic E-state index is 0.259. The number of aromatic nitrogens is 1. The number of benzene rings is 2. The number of nitrogens with one attached hydrogen (secondary N) is 1. The molecule has 5 nitrogen and oxygen atoms in total. The summed E-state index contributed by atoms with van der Waals surface area (Å²) >= 11 is 1.22. The van der Waals surface area contributed by atoms with Gasteiger partial charge in [-0.25, -0.2) is 9.37 Å². The van der Waals surface area contributed by atoms with Gasteiger partial charge < -0.3 is 14.8 Å². The molecule has 3 aromatic rings. The molecule has 0 saturated carbocycles.